The van der Waals surface area contributed by atoms with E-state index >= 15 is 0 Å². The Balaban J connectivity index is 2.39. The predicted octanol–water partition coefficient (Wildman–Crippen LogP) is 1.05. The van der Waals surface area contributed by atoms with E-state index in [4.69, 9.17) is 0 Å². The van der Waals surface area contributed by atoms with E-state index in [-0.39, 0.29) is 5.92 Å². The Kier molecular flexibility index (Phi) is 3.96. The fourth-order valence-electron chi connectivity index (χ4n) is 1.70. The number of halogens is 3. The topological polar surface area (TPSA) is 41.1 Å². The second-order valence-corrected chi connectivity index (χ2v) is 3.88. The molecule has 1 rings (SSSR count). The molecule has 1 saturated heterocycles. The summed E-state index contributed by atoms with van der Waals surface area (Å²) in [6.45, 7) is 1.30. The van der Waals surface area contributed by atoms with Gasteiger partial charge in [-0.25, -0.2) is 0 Å². The smallest absolute Gasteiger partial charge is 0.346 e. The first-order valence-electron chi connectivity index (χ1n) is 4.98. The molecule has 1 aliphatic rings. The lowest BCUT2D eigenvalue weighted by Gasteiger charge is -2.29. The largest absolute Gasteiger partial charge is 0.405 e. The highest BCUT2D eigenvalue weighted by molar-refractivity contribution is 5.82. The van der Waals surface area contributed by atoms with Crippen molar-refractivity contribution in [2.75, 3.05) is 13.1 Å². The molecule has 0 spiro atoms. The minimum Gasteiger partial charge on any atom is -0.346 e. The van der Waals surface area contributed by atoms with Crippen LogP contribution in [0, 0.1) is 5.92 Å². The van der Waals surface area contributed by atoms with Crippen molar-refractivity contribution < 1.29 is 18.0 Å². The van der Waals surface area contributed by atoms with Crippen molar-refractivity contribution in [2.45, 2.75) is 32.0 Å². The van der Waals surface area contributed by atoms with Gasteiger partial charge in [-0.15, -0.1) is 0 Å². The molecule has 15 heavy (non-hydrogen) atoms. The second-order valence-electron chi connectivity index (χ2n) is 3.88. The first-order valence-corrected chi connectivity index (χ1v) is 4.98. The molecule has 2 N–H and O–H groups in total. The van der Waals surface area contributed by atoms with Gasteiger partial charge in [0.2, 0.25) is 5.91 Å². The fourth-order valence-corrected chi connectivity index (χ4v) is 1.70. The maximum absolute atomic E-state index is 11.8. The third kappa shape index (κ3) is 4.07. The second kappa shape index (κ2) is 4.83. The molecule has 1 amide bonds. The molecule has 88 valence electrons. The van der Waals surface area contributed by atoms with Crippen molar-refractivity contribution in [3.05, 3.63) is 0 Å². The average Bonchev–Trinajstić information content (AvgIpc) is 2.14. The van der Waals surface area contributed by atoms with Gasteiger partial charge in [0.1, 0.15) is 6.54 Å². The molecular weight excluding hydrogens is 209 g/mol. The maximum Gasteiger partial charge on any atom is 0.405 e. The summed E-state index contributed by atoms with van der Waals surface area (Å²) in [7, 11) is 0. The quantitative estimate of drug-likeness (QED) is 0.736. The zero-order valence-electron chi connectivity index (χ0n) is 8.53. The third-order valence-electron chi connectivity index (χ3n) is 2.52. The van der Waals surface area contributed by atoms with Gasteiger partial charge in [-0.05, 0) is 25.3 Å². The van der Waals surface area contributed by atoms with Gasteiger partial charge >= 0.3 is 6.18 Å². The van der Waals surface area contributed by atoms with Gasteiger partial charge in [0.05, 0.1) is 6.04 Å². The molecule has 2 unspecified atom stereocenters. The Morgan fingerprint density at radius 3 is 2.73 bits per heavy atom. The molecule has 3 nitrogen and oxygen atoms in total. The molecule has 0 saturated carbocycles. The first kappa shape index (κ1) is 12.3. The number of nitrogens with one attached hydrogen (secondary N) is 2. The van der Waals surface area contributed by atoms with E-state index in [0.29, 0.717) is 6.54 Å². The maximum atomic E-state index is 11.8. The number of carbonyl (C=O) groups excluding carboxylic acids is 1. The zero-order chi connectivity index (χ0) is 11.5. The van der Waals surface area contributed by atoms with Gasteiger partial charge in [-0.1, -0.05) is 6.92 Å². The molecule has 0 aromatic rings. The van der Waals surface area contributed by atoms with Crippen molar-refractivity contribution in [1.82, 2.24) is 10.6 Å². The van der Waals surface area contributed by atoms with E-state index in [2.05, 4.69) is 5.32 Å². The van der Waals surface area contributed by atoms with Crippen molar-refractivity contribution in [3.63, 3.8) is 0 Å². The SMILES string of the molecule is CC1CCCNC1C(=O)NCC(F)(F)F. The lowest BCUT2D eigenvalue weighted by atomic mass is 9.92. The lowest BCUT2D eigenvalue weighted by molar-refractivity contribution is -0.140. The van der Waals surface area contributed by atoms with Gasteiger partial charge in [0.15, 0.2) is 0 Å². The van der Waals surface area contributed by atoms with Crippen molar-refractivity contribution in [1.29, 1.82) is 0 Å². The summed E-state index contributed by atoms with van der Waals surface area (Å²) >= 11 is 0. The van der Waals surface area contributed by atoms with Crippen LogP contribution in [0.1, 0.15) is 19.8 Å². The van der Waals surface area contributed by atoms with Crippen molar-refractivity contribution in [3.8, 4) is 0 Å². The summed E-state index contributed by atoms with van der Waals surface area (Å²) in [5.74, 6) is -0.466. The van der Waals surface area contributed by atoms with Crippen LogP contribution in [0.5, 0.6) is 0 Å². The molecule has 0 bridgehead atoms. The lowest BCUT2D eigenvalue weighted by Crippen LogP contribution is -2.52. The Morgan fingerprint density at radius 1 is 1.53 bits per heavy atom. The van der Waals surface area contributed by atoms with Crippen LogP contribution >= 0.6 is 0 Å². The monoisotopic (exact) mass is 224 g/mol. The number of piperidine rings is 1. The molecule has 2 atom stereocenters. The highest BCUT2D eigenvalue weighted by Gasteiger charge is 2.32. The van der Waals surface area contributed by atoms with Crippen LogP contribution in [-0.2, 0) is 4.79 Å². The molecule has 0 aromatic heterocycles. The number of hydrogen-bond acceptors (Lipinski definition) is 2. The fraction of sp³-hybridized carbons (Fsp3) is 0.889. The van der Waals surface area contributed by atoms with E-state index < -0.39 is 24.7 Å². The molecule has 1 aliphatic heterocycles. The van der Waals surface area contributed by atoms with Crippen LogP contribution in [0.25, 0.3) is 0 Å². The number of alkyl halides is 3. The van der Waals surface area contributed by atoms with Gasteiger partial charge in [-0.3, -0.25) is 4.79 Å². The Labute approximate surface area is 86.4 Å². The summed E-state index contributed by atoms with van der Waals surface area (Å²) in [6, 6.07) is -0.485. The molecule has 1 heterocycles. The van der Waals surface area contributed by atoms with E-state index in [1.165, 1.54) is 0 Å². The van der Waals surface area contributed by atoms with Crippen LogP contribution in [0.15, 0.2) is 0 Å². The Hall–Kier alpha value is -0.780. The average molecular weight is 224 g/mol. The summed E-state index contributed by atoms with van der Waals surface area (Å²) < 4.78 is 35.5. The summed E-state index contributed by atoms with van der Waals surface area (Å²) in [6.07, 6.45) is -2.51. The van der Waals surface area contributed by atoms with Crippen molar-refractivity contribution >= 4 is 5.91 Å². The number of hydrogen-bond donors (Lipinski definition) is 2. The third-order valence-corrected chi connectivity index (χ3v) is 2.52. The predicted molar refractivity (Wildman–Crippen MR) is 49.3 cm³/mol. The van der Waals surface area contributed by atoms with E-state index in [1.54, 1.807) is 0 Å². The molecule has 0 aromatic carbocycles. The van der Waals surface area contributed by atoms with E-state index in [9.17, 15) is 18.0 Å². The molecular formula is C9H15F3N2O. The summed E-state index contributed by atoms with van der Waals surface area (Å²) in [4.78, 5) is 11.4. The number of amides is 1. The molecule has 0 radical (unpaired) electrons. The highest BCUT2D eigenvalue weighted by atomic mass is 19.4. The van der Waals surface area contributed by atoms with Gasteiger partial charge in [0, 0.05) is 0 Å². The Morgan fingerprint density at radius 2 is 2.20 bits per heavy atom. The molecule has 0 aliphatic carbocycles. The number of rotatable bonds is 2. The minimum absolute atomic E-state index is 0.0898. The number of carbonyl (C=O) groups is 1. The normalized spacial score (nSPS) is 27.5. The van der Waals surface area contributed by atoms with Crippen LogP contribution in [0.3, 0.4) is 0 Å². The van der Waals surface area contributed by atoms with Gasteiger partial charge < -0.3 is 10.6 Å². The standard InChI is InChI=1S/C9H15F3N2O/c1-6-3-2-4-13-7(6)8(15)14-5-9(10,11)12/h6-7,13H,2-5H2,1H3,(H,14,15). The van der Waals surface area contributed by atoms with Crippen LogP contribution in [0.4, 0.5) is 13.2 Å². The molecule has 1 fully saturated rings. The van der Waals surface area contributed by atoms with Crippen molar-refractivity contribution in [2.24, 2.45) is 5.92 Å². The highest BCUT2D eigenvalue weighted by Crippen LogP contribution is 2.16. The van der Waals surface area contributed by atoms with Gasteiger partial charge in [0.25, 0.3) is 0 Å². The summed E-state index contributed by atoms with van der Waals surface area (Å²) in [5.41, 5.74) is 0. The van der Waals surface area contributed by atoms with E-state index in [1.807, 2.05) is 12.2 Å². The summed E-state index contributed by atoms with van der Waals surface area (Å²) in [5, 5.41) is 4.82. The van der Waals surface area contributed by atoms with Gasteiger partial charge in [-0.2, -0.15) is 13.2 Å². The van der Waals surface area contributed by atoms with Crippen LogP contribution in [0.2, 0.25) is 0 Å². The van der Waals surface area contributed by atoms with E-state index in [0.717, 1.165) is 12.8 Å². The first-order chi connectivity index (χ1) is 6.90. The Bertz CT molecular complexity index is 230. The minimum atomic E-state index is -4.34. The van der Waals surface area contributed by atoms with Crippen LogP contribution in [-0.4, -0.2) is 31.2 Å². The zero-order valence-corrected chi connectivity index (χ0v) is 8.53. The molecule has 6 heteroatoms. The van der Waals surface area contributed by atoms with Crippen LogP contribution < -0.4 is 10.6 Å².